The van der Waals surface area contributed by atoms with Gasteiger partial charge in [-0.25, -0.2) is 4.98 Å². The lowest BCUT2D eigenvalue weighted by Gasteiger charge is -2.15. The van der Waals surface area contributed by atoms with Crippen LogP contribution in [0.15, 0.2) is 10.8 Å². The fraction of sp³-hybridized carbons (Fsp3) is 0.429. The molecule has 0 aromatic carbocycles. The predicted octanol–water partition coefficient (Wildman–Crippen LogP) is 0.0603. The van der Waals surface area contributed by atoms with E-state index in [0.717, 1.165) is 30.7 Å². The van der Waals surface area contributed by atoms with E-state index in [1.54, 1.807) is 0 Å². The van der Waals surface area contributed by atoms with Gasteiger partial charge >= 0.3 is 0 Å². The van der Waals surface area contributed by atoms with E-state index in [1.165, 1.54) is 6.39 Å². The highest BCUT2D eigenvalue weighted by Crippen LogP contribution is 2.18. The van der Waals surface area contributed by atoms with Crippen LogP contribution in [0.3, 0.4) is 0 Å². The number of hydrogen-bond donors (Lipinski definition) is 1. The Balaban J connectivity index is 2.39. The third-order valence-electron chi connectivity index (χ3n) is 1.82. The summed E-state index contributed by atoms with van der Waals surface area (Å²) >= 11 is 0. The molecule has 1 atom stereocenters. The molecule has 1 aromatic heterocycles. The van der Waals surface area contributed by atoms with Gasteiger partial charge in [-0.3, -0.25) is 0 Å². The highest BCUT2D eigenvalue weighted by atomic mass is 16.3. The molecular weight excluding hydrogens is 144 g/mol. The third-order valence-corrected chi connectivity index (χ3v) is 1.82. The fourth-order valence-electron chi connectivity index (χ4n) is 1.27. The van der Waals surface area contributed by atoms with Gasteiger partial charge in [-0.1, -0.05) is 0 Å². The summed E-state index contributed by atoms with van der Waals surface area (Å²) in [5, 5.41) is 3.02. The molecule has 4 nitrogen and oxygen atoms in total. The molecule has 1 unspecified atom stereocenters. The van der Waals surface area contributed by atoms with Crippen molar-refractivity contribution in [1.82, 2.24) is 10.3 Å². The molecular formula is C7H8N2O2. The van der Waals surface area contributed by atoms with Crippen molar-refractivity contribution in [3.63, 3.8) is 0 Å². The van der Waals surface area contributed by atoms with Crippen molar-refractivity contribution in [3.05, 3.63) is 17.8 Å². The number of rotatable bonds is 1. The van der Waals surface area contributed by atoms with Crippen molar-refractivity contribution >= 4 is 6.29 Å². The zero-order valence-electron chi connectivity index (χ0n) is 5.91. The van der Waals surface area contributed by atoms with Gasteiger partial charge in [0.25, 0.3) is 0 Å². The van der Waals surface area contributed by atoms with Crippen LogP contribution < -0.4 is 5.32 Å². The highest BCUT2D eigenvalue weighted by Gasteiger charge is 2.22. The molecule has 0 fully saturated rings. The largest absolute Gasteiger partial charge is 0.448 e. The number of nitrogens with zero attached hydrogens (tertiary/aromatic N) is 1. The van der Waals surface area contributed by atoms with E-state index in [2.05, 4.69) is 10.3 Å². The van der Waals surface area contributed by atoms with Crippen LogP contribution in [0, 0.1) is 0 Å². The molecule has 11 heavy (non-hydrogen) atoms. The molecule has 0 radical (unpaired) electrons. The molecule has 0 aliphatic carbocycles. The molecule has 0 spiro atoms. The molecule has 1 N–H and O–H groups in total. The monoisotopic (exact) mass is 152 g/mol. The number of hydrogen-bond acceptors (Lipinski definition) is 4. The average Bonchev–Trinajstić information content (AvgIpc) is 2.50. The van der Waals surface area contributed by atoms with Gasteiger partial charge in [-0.05, 0) is 0 Å². The van der Waals surface area contributed by atoms with Crippen LogP contribution in [0.5, 0.6) is 0 Å². The first-order valence-electron chi connectivity index (χ1n) is 3.53. The van der Waals surface area contributed by atoms with Crippen LogP contribution in [0.2, 0.25) is 0 Å². The summed E-state index contributed by atoms with van der Waals surface area (Å²) in [7, 11) is 0. The lowest BCUT2D eigenvalue weighted by atomic mass is 10.1. The van der Waals surface area contributed by atoms with Gasteiger partial charge in [0.05, 0.1) is 0 Å². The average molecular weight is 152 g/mol. The summed E-state index contributed by atoms with van der Waals surface area (Å²) in [4.78, 5) is 14.4. The smallest absolute Gasteiger partial charge is 0.181 e. The van der Waals surface area contributed by atoms with Gasteiger partial charge in [0.1, 0.15) is 23.8 Å². The minimum atomic E-state index is -0.266. The van der Waals surface area contributed by atoms with E-state index in [-0.39, 0.29) is 6.04 Å². The maximum atomic E-state index is 10.5. The number of carbonyl (C=O) groups excluding carboxylic acids is 1. The van der Waals surface area contributed by atoms with E-state index in [0.29, 0.717) is 0 Å². The summed E-state index contributed by atoms with van der Waals surface area (Å²) < 4.78 is 5.08. The van der Waals surface area contributed by atoms with E-state index in [4.69, 9.17) is 4.42 Å². The standard InChI is InChI=1S/C7H8N2O2/c10-3-5-7-6(1-2-8-5)11-4-9-7/h3-5,8H,1-2H2. The van der Waals surface area contributed by atoms with E-state index in [9.17, 15) is 4.79 Å². The Kier molecular flexibility index (Phi) is 1.47. The van der Waals surface area contributed by atoms with Gasteiger partial charge in [0, 0.05) is 13.0 Å². The molecule has 0 saturated heterocycles. The van der Waals surface area contributed by atoms with Crippen molar-refractivity contribution in [3.8, 4) is 0 Å². The first-order chi connectivity index (χ1) is 5.42. The third kappa shape index (κ3) is 0.952. The molecule has 0 bridgehead atoms. The Morgan fingerprint density at radius 2 is 2.73 bits per heavy atom. The van der Waals surface area contributed by atoms with Crippen molar-refractivity contribution in [2.24, 2.45) is 0 Å². The summed E-state index contributed by atoms with van der Waals surface area (Å²) in [5.74, 6) is 0.834. The number of fused-ring (bicyclic) bond motifs is 1. The molecule has 1 aromatic rings. The Bertz CT molecular complexity index is 269. The van der Waals surface area contributed by atoms with Gasteiger partial charge < -0.3 is 14.5 Å². The minimum absolute atomic E-state index is 0.266. The van der Waals surface area contributed by atoms with E-state index < -0.39 is 0 Å². The number of nitrogens with one attached hydrogen (secondary N) is 1. The quantitative estimate of drug-likeness (QED) is 0.578. The molecule has 1 aliphatic rings. The van der Waals surface area contributed by atoms with Crippen molar-refractivity contribution in [2.75, 3.05) is 6.54 Å². The van der Waals surface area contributed by atoms with E-state index in [1.807, 2.05) is 0 Å². The second-order valence-electron chi connectivity index (χ2n) is 2.48. The summed E-state index contributed by atoms with van der Waals surface area (Å²) in [6.45, 7) is 0.783. The first kappa shape index (κ1) is 6.54. The molecule has 2 heterocycles. The van der Waals surface area contributed by atoms with Crippen LogP contribution in [-0.4, -0.2) is 17.8 Å². The minimum Gasteiger partial charge on any atom is -0.448 e. The zero-order valence-corrected chi connectivity index (χ0v) is 5.91. The molecule has 0 saturated carbocycles. The Labute approximate surface area is 63.6 Å². The van der Waals surface area contributed by atoms with Gasteiger partial charge in [0.2, 0.25) is 0 Å². The topological polar surface area (TPSA) is 55.1 Å². The molecule has 0 amide bonds. The van der Waals surface area contributed by atoms with Crippen LogP contribution in [-0.2, 0) is 11.2 Å². The van der Waals surface area contributed by atoms with Crippen molar-refractivity contribution < 1.29 is 9.21 Å². The molecule has 58 valence electrons. The van der Waals surface area contributed by atoms with Crippen LogP contribution in [0.1, 0.15) is 17.5 Å². The highest BCUT2D eigenvalue weighted by molar-refractivity contribution is 5.61. The first-order valence-corrected chi connectivity index (χ1v) is 3.53. The summed E-state index contributed by atoms with van der Waals surface area (Å²) in [6, 6.07) is -0.266. The molecule has 2 rings (SSSR count). The summed E-state index contributed by atoms with van der Waals surface area (Å²) in [5.41, 5.74) is 0.742. The van der Waals surface area contributed by atoms with Crippen LogP contribution in [0.25, 0.3) is 0 Å². The van der Waals surface area contributed by atoms with Crippen LogP contribution >= 0.6 is 0 Å². The second-order valence-corrected chi connectivity index (χ2v) is 2.48. The van der Waals surface area contributed by atoms with Gasteiger partial charge in [-0.15, -0.1) is 0 Å². The SMILES string of the molecule is O=CC1NCCc2ocnc21. The number of aromatic nitrogens is 1. The normalized spacial score (nSPS) is 22.7. The number of aldehydes is 1. The van der Waals surface area contributed by atoms with Gasteiger partial charge in [-0.2, -0.15) is 0 Å². The number of oxazole rings is 1. The lowest BCUT2D eigenvalue weighted by Crippen LogP contribution is -2.30. The van der Waals surface area contributed by atoms with E-state index >= 15 is 0 Å². The zero-order chi connectivity index (χ0) is 7.68. The maximum Gasteiger partial charge on any atom is 0.181 e. The van der Waals surface area contributed by atoms with Crippen molar-refractivity contribution in [1.29, 1.82) is 0 Å². The Morgan fingerprint density at radius 3 is 3.55 bits per heavy atom. The van der Waals surface area contributed by atoms with Crippen molar-refractivity contribution in [2.45, 2.75) is 12.5 Å². The van der Waals surface area contributed by atoms with Gasteiger partial charge in [0.15, 0.2) is 6.39 Å². The lowest BCUT2D eigenvalue weighted by molar-refractivity contribution is -0.109. The maximum absolute atomic E-state index is 10.5. The Hall–Kier alpha value is -1.16. The molecule has 1 aliphatic heterocycles. The number of carbonyl (C=O) groups is 1. The van der Waals surface area contributed by atoms with Crippen LogP contribution in [0.4, 0.5) is 0 Å². The predicted molar refractivity (Wildman–Crippen MR) is 37.0 cm³/mol. The summed E-state index contributed by atoms with van der Waals surface area (Å²) in [6.07, 6.45) is 3.05. The molecule has 4 heteroatoms. The second kappa shape index (κ2) is 2.47. The Morgan fingerprint density at radius 1 is 1.82 bits per heavy atom. The fourth-order valence-corrected chi connectivity index (χ4v) is 1.27.